The maximum atomic E-state index is 13.4. The number of sulfone groups is 1. The molecule has 0 bridgehead atoms. The topological polar surface area (TPSA) is 101 Å². The SMILES string of the molecule is COCCNc1ccc(C(=O)Nc2cccc(S(=O)(=O)C3CCCC3)c2)c(N2CCC3(CC2)CC3)n1. The van der Waals surface area contributed by atoms with Crippen molar-refractivity contribution in [3.05, 3.63) is 42.0 Å². The fraction of sp³-hybridized carbons (Fsp3) is 0.556. The van der Waals surface area contributed by atoms with E-state index in [0.29, 0.717) is 54.3 Å². The van der Waals surface area contributed by atoms with E-state index in [2.05, 4.69) is 15.5 Å². The smallest absolute Gasteiger partial charge is 0.259 e. The second kappa shape index (κ2) is 10.4. The van der Waals surface area contributed by atoms with Gasteiger partial charge in [0.15, 0.2) is 9.84 Å². The molecule has 8 nitrogen and oxygen atoms in total. The summed E-state index contributed by atoms with van der Waals surface area (Å²) in [5.74, 6) is 1.08. The number of carbonyl (C=O) groups is 1. The summed E-state index contributed by atoms with van der Waals surface area (Å²) in [5.41, 5.74) is 1.48. The number of pyridine rings is 1. The van der Waals surface area contributed by atoms with Gasteiger partial charge in [0.1, 0.15) is 11.6 Å². The van der Waals surface area contributed by atoms with Gasteiger partial charge in [0, 0.05) is 32.4 Å². The first-order valence-electron chi connectivity index (χ1n) is 13.0. The van der Waals surface area contributed by atoms with Gasteiger partial charge in [-0.25, -0.2) is 13.4 Å². The van der Waals surface area contributed by atoms with Crippen LogP contribution in [-0.2, 0) is 14.6 Å². The average molecular weight is 513 g/mol. The molecule has 2 aromatic rings. The highest BCUT2D eigenvalue weighted by Gasteiger charge is 2.45. The highest BCUT2D eigenvalue weighted by atomic mass is 32.2. The minimum atomic E-state index is -3.40. The number of amides is 1. The Bertz CT molecular complexity index is 1200. The number of benzene rings is 1. The van der Waals surface area contributed by atoms with E-state index in [1.807, 2.05) is 0 Å². The van der Waals surface area contributed by atoms with Crippen molar-refractivity contribution in [2.24, 2.45) is 5.41 Å². The second-order valence-corrected chi connectivity index (χ2v) is 12.6. The van der Waals surface area contributed by atoms with Crippen molar-refractivity contribution in [2.75, 3.05) is 48.9 Å². The van der Waals surface area contributed by atoms with Gasteiger partial charge >= 0.3 is 0 Å². The van der Waals surface area contributed by atoms with Crippen LogP contribution in [0.5, 0.6) is 0 Å². The summed E-state index contributed by atoms with van der Waals surface area (Å²) in [6.45, 7) is 2.94. The number of anilines is 3. The van der Waals surface area contributed by atoms with E-state index >= 15 is 0 Å². The molecule has 2 aliphatic carbocycles. The van der Waals surface area contributed by atoms with Gasteiger partial charge in [-0.3, -0.25) is 4.79 Å². The van der Waals surface area contributed by atoms with Crippen LogP contribution >= 0.6 is 0 Å². The Hall–Kier alpha value is -2.65. The Kier molecular flexibility index (Phi) is 7.21. The van der Waals surface area contributed by atoms with Crippen LogP contribution < -0.4 is 15.5 Å². The van der Waals surface area contributed by atoms with E-state index in [1.54, 1.807) is 43.5 Å². The molecule has 1 aromatic carbocycles. The van der Waals surface area contributed by atoms with Gasteiger partial charge in [-0.1, -0.05) is 18.9 Å². The van der Waals surface area contributed by atoms with Gasteiger partial charge < -0.3 is 20.3 Å². The van der Waals surface area contributed by atoms with Crippen molar-refractivity contribution in [1.29, 1.82) is 0 Å². The normalized spacial score (nSPS) is 19.4. The number of aromatic nitrogens is 1. The molecule has 5 rings (SSSR count). The molecule has 0 radical (unpaired) electrons. The van der Waals surface area contributed by atoms with Gasteiger partial charge in [-0.15, -0.1) is 0 Å². The summed E-state index contributed by atoms with van der Waals surface area (Å²) in [5, 5.41) is 5.86. The van der Waals surface area contributed by atoms with Crippen molar-refractivity contribution < 1.29 is 17.9 Å². The zero-order valence-electron chi connectivity index (χ0n) is 21.0. The van der Waals surface area contributed by atoms with Gasteiger partial charge in [0.25, 0.3) is 5.91 Å². The third-order valence-electron chi connectivity index (χ3n) is 7.97. The molecule has 1 aliphatic heterocycles. The minimum Gasteiger partial charge on any atom is -0.383 e. The van der Waals surface area contributed by atoms with Gasteiger partial charge in [0.05, 0.1) is 22.3 Å². The molecule has 3 fully saturated rings. The number of carbonyl (C=O) groups excluding carboxylic acids is 1. The van der Waals surface area contributed by atoms with Crippen LogP contribution in [0.3, 0.4) is 0 Å². The first-order chi connectivity index (χ1) is 17.4. The van der Waals surface area contributed by atoms with E-state index in [1.165, 1.54) is 12.8 Å². The lowest BCUT2D eigenvalue weighted by Gasteiger charge is -2.34. The van der Waals surface area contributed by atoms with Crippen molar-refractivity contribution in [2.45, 2.75) is 61.5 Å². The number of hydrogen-bond donors (Lipinski definition) is 2. The lowest BCUT2D eigenvalue weighted by Crippen LogP contribution is -2.36. The van der Waals surface area contributed by atoms with E-state index in [-0.39, 0.29) is 16.1 Å². The largest absolute Gasteiger partial charge is 0.383 e. The van der Waals surface area contributed by atoms with Gasteiger partial charge in [-0.2, -0.15) is 0 Å². The summed E-state index contributed by atoms with van der Waals surface area (Å²) >= 11 is 0. The van der Waals surface area contributed by atoms with Crippen molar-refractivity contribution in [3.63, 3.8) is 0 Å². The zero-order valence-corrected chi connectivity index (χ0v) is 21.8. The number of rotatable bonds is 9. The van der Waals surface area contributed by atoms with Crippen LogP contribution in [-0.4, -0.2) is 57.9 Å². The molecule has 2 heterocycles. The van der Waals surface area contributed by atoms with E-state index in [0.717, 1.165) is 38.8 Å². The second-order valence-electron chi connectivity index (χ2n) is 10.4. The quantitative estimate of drug-likeness (QED) is 0.478. The molecule has 1 amide bonds. The van der Waals surface area contributed by atoms with E-state index in [9.17, 15) is 13.2 Å². The Labute approximate surface area is 213 Å². The molecule has 1 spiro atoms. The first-order valence-corrected chi connectivity index (χ1v) is 14.6. The molecule has 9 heteroatoms. The number of methoxy groups -OCH3 is 1. The molecule has 194 valence electrons. The third-order valence-corrected chi connectivity index (χ3v) is 10.2. The maximum absolute atomic E-state index is 13.4. The molecule has 2 N–H and O–H groups in total. The standard InChI is InChI=1S/C27H36N4O4S/c1-35-18-15-28-24-10-9-23(25(30-24)31-16-13-27(11-12-27)14-17-31)26(32)29-20-5-4-8-22(19-20)36(33,34)21-6-2-3-7-21/h4-5,8-10,19,21H,2-3,6-7,11-18H2,1H3,(H,28,30)(H,29,32). The minimum absolute atomic E-state index is 0.272. The van der Waals surface area contributed by atoms with Crippen molar-refractivity contribution in [3.8, 4) is 0 Å². The summed E-state index contributed by atoms with van der Waals surface area (Å²) in [4.78, 5) is 20.7. The number of piperidine rings is 1. The number of nitrogens with zero attached hydrogens (tertiary/aromatic N) is 2. The Morgan fingerprint density at radius 1 is 1.11 bits per heavy atom. The van der Waals surface area contributed by atoms with Gasteiger partial charge in [0.2, 0.25) is 0 Å². The predicted octanol–water partition coefficient (Wildman–Crippen LogP) is 4.49. The highest BCUT2D eigenvalue weighted by molar-refractivity contribution is 7.92. The van der Waals surface area contributed by atoms with Gasteiger partial charge in [-0.05, 0) is 74.3 Å². The maximum Gasteiger partial charge on any atom is 0.259 e. The number of hydrogen-bond acceptors (Lipinski definition) is 7. The van der Waals surface area contributed by atoms with E-state index in [4.69, 9.17) is 9.72 Å². The molecule has 1 aromatic heterocycles. The summed E-state index contributed by atoms with van der Waals surface area (Å²) in [7, 11) is -1.74. The van der Waals surface area contributed by atoms with Crippen LogP contribution in [0, 0.1) is 5.41 Å². The molecule has 1 saturated heterocycles. The molecule has 2 saturated carbocycles. The predicted molar refractivity (Wildman–Crippen MR) is 142 cm³/mol. The number of ether oxygens (including phenoxy) is 1. The lowest BCUT2D eigenvalue weighted by atomic mass is 9.93. The number of nitrogens with one attached hydrogen (secondary N) is 2. The van der Waals surface area contributed by atoms with Crippen molar-refractivity contribution in [1.82, 2.24) is 4.98 Å². The Morgan fingerprint density at radius 3 is 2.56 bits per heavy atom. The molecular weight excluding hydrogens is 476 g/mol. The van der Waals surface area contributed by atoms with Crippen molar-refractivity contribution >= 4 is 33.1 Å². The zero-order chi connectivity index (χ0) is 25.2. The summed E-state index contributed by atoms with van der Waals surface area (Å²) < 4.78 is 31.2. The summed E-state index contributed by atoms with van der Waals surface area (Å²) in [6, 6.07) is 10.2. The lowest BCUT2D eigenvalue weighted by molar-refractivity contribution is 0.102. The third kappa shape index (κ3) is 5.37. The molecule has 0 atom stereocenters. The molecule has 0 unspecified atom stereocenters. The highest BCUT2D eigenvalue weighted by Crippen LogP contribution is 2.54. The van der Waals surface area contributed by atoms with Crippen LogP contribution in [0.25, 0.3) is 0 Å². The molecule has 3 aliphatic rings. The molecule has 36 heavy (non-hydrogen) atoms. The van der Waals surface area contributed by atoms with Crippen LogP contribution in [0.15, 0.2) is 41.3 Å². The first kappa shape index (κ1) is 25.0. The Morgan fingerprint density at radius 2 is 1.86 bits per heavy atom. The Balaban J connectivity index is 1.37. The fourth-order valence-electron chi connectivity index (χ4n) is 5.46. The fourth-order valence-corrected chi connectivity index (χ4v) is 7.35. The van der Waals surface area contributed by atoms with Crippen LogP contribution in [0.1, 0.15) is 61.7 Å². The molecular formula is C27H36N4O4S. The van der Waals surface area contributed by atoms with Crippen LogP contribution in [0.2, 0.25) is 0 Å². The monoisotopic (exact) mass is 512 g/mol. The summed E-state index contributed by atoms with van der Waals surface area (Å²) in [6.07, 6.45) is 8.16. The van der Waals surface area contributed by atoms with Crippen LogP contribution in [0.4, 0.5) is 17.3 Å². The van der Waals surface area contributed by atoms with E-state index < -0.39 is 9.84 Å². The average Bonchev–Trinajstić information content (AvgIpc) is 3.39.